The van der Waals surface area contributed by atoms with Crippen molar-refractivity contribution < 1.29 is 4.92 Å². The maximum absolute atomic E-state index is 10.5. The molecule has 1 aromatic carbocycles. The van der Waals surface area contributed by atoms with Gasteiger partial charge in [-0.1, -0.05) is 12.1 Å². The Morgan fingerprint density at radius 2 is 2.06 bits per heavy atom. The lowest BCUT2D eigenvalue weighted by Crippen LogP contribution is -2.06. The molecule has 0 aliphatic carbocycles. The molecular weight excluding hydrogens is 347 g/mol. The monoisotopic (exact) mass is 358 g/mol. The predicted octanol–water partition coefficient (Wildman–Crippen LogP) is 2.33. The minimum Gasteiger partial charge on any atom is -0.383 e. The normalized spacial score (nSPS) is 10.6. The summed E-state index contributed by atoms with van der Waals surface area (Å²) in [6.07, 6.45) is 0. The first-order valence-corrected chi connectivity index (χ1v) is 6.28. The molecule has 0 fully saturated rings. The molecule has 2 rings (SSSR count). The molecular formula is C11H11IN4O2. The van der Waals surface area contributed by atoms with Gasteiger partial charge in [0.15, 0.2) is 0 Å². The van der Waals surface area contributed by atoms with E-state index in [4.69, 9.17) is 5.73 Å². The standard InChI is InChI=1S/C11H11IN4O2/c1-7-10(12)11(13)15(14-7)6-8-2-4-9(5-3-8)16(17)18/h2-5H,6,13H2,1H3. The Hall–Kier alpha value is -1.64. The van der Waals surface area contributed by atoms with Crippen molar-refractivity contribution in [3.05, 3.63) is 49.2 Å². The van der Waals surface area contributed by atoms with E-state index in [-0.39, 0.29) is 5.69 Å². The fourth-order valence-electron chi connectivity index (χ4n) is 1.59. The molecule has 7 heteroatoms. The number of nitrogen functional groups attached to an aromatic ring is 1. The van der Waals surface area contributed by atoms with Crippen LogP contribution >= 0.6 is 22.6 Å². The Morgan fingerprint density at radius 1 is 1.44 bits per heavy atom. The summed E-state index contributed by atoms with van der Waals surface area (Å²) in [5.41, 5.74) is 7.80. The number of nitrogens with two attached hydrogens (primary N) is 1. The molecule has 18 heavy (non-hydrogen) atoms. The summed E-state index contributed by atoms with van der Waals surface area (Å²) in [6.45, 7) is 2.40. The highest BCUT2D eigenvalue weighted by molar-refractivity contribution is 14.1. The molecule has 0 saturated carbocycles. The molecule has 1 aromatic heterocycles. The summed E-state index contributed by atoms with van der Waals surface area (Å²) in [6, 6.07) is 6.38. The second-order valence-corrected chi connectivity index (χ2v) is 4.94. The van der Waals surface area contributed by atoms with Crippen LogP contribution in [0.1, 0.15) is 11.3 Å². The number of rotatable bonds is 3. The van der Waals surface area contributed by atoms with Crippen molar-refractivity contribution in [1.29, 1.82) is 0 Å². The maximum atomic E-state index is 10.5. The van der Waals surface area contributed by atoms with Gasteiger partial charge in [-0.05, 0) is 35.1 Å². The summed E-state index contributed by atoms with van der Waals surface area (Å²) in [5, 5.41) is 14.9. The average molecular weight is 358 g/mol. The number of halogens is 1. The summed E-state index contributed by atoms with van der Waals surface area (Å²) < 4.78 is 2.63. The molecule has 2 N–H and O–H groups in total. The minimum atomic E-state index is -0.418. The van der Waals surface area contributed by atoms with Crippen LogP contribution in [0, 0.1) is 20.6 Å². The number of nitro benzene ring substituents is 1. The number of nitrogens with zero attached hydrogens (tertiary/aromatic N) is 3. The van der Waals surface area contributed by atoms with E-state index in [0.717, 1.165) is 14.8 Å². The van der Waals surface area contributed by atoms with Crippen LogP contribution in [0.3, 0.4) is 0 Å². The van der Waals surface area contributed by atoms with Crippen LogP contribution in [0.5, 0.6) is 0 Å². The first kappa shape index (κ1) is 12.8. The molecule has 2 aromatic rings. The van der Waals surface area contributed by atoms with Gasteiger partial charge in [0.2, 0.25) is 0 Å². The fourth-order valence-corrected chi connectivity index (χ4v) is 1.98. The van der Waals surface area contributed by atoms with Gasteiger partial charge in [-0.2, -0.15) is 5.10 Å². The van der Waals surface area contributed by atoms with Crippen molar-refractivity contribution >= 4 is 34.1 Å². The summed E-state index contributed by atoms with van der Waals surface area (Å²) in [7, 11) is 0. The molecule has 0 aliphatic rings. The second-order valence-electron chi connectivity index (χ2n) is 3.87. The van der Waals surface area contributed by atoms with Gasteiger partial charge < -0.3 is 5.73 Å². The Balaban J connectivity index is 2.23. The number of hydrogen-bond donors (Lipinski definition) is 1. The molecule has 0 spiro atoms. The van der Waals surface area contributed by atoms with E-state index in [1.165, 1.54) is 12.1 Å². The van der Waals surface area contributed by atoms with Crippen molar-refractivity contribution in [3.8, 4) is 0 Å². The van der Waals surface area contributed by atoms with Crippen LogP contribution in [0.25, 0.3) is 0 Å². The van der Waals surface area contributed by atoms with E-state index in [1.807, 2.05) is 6.92 Å². The van der Waals surface area contributed by atoms with E-state index < -0.39 is 4.92 Å². The van der Waals surface area contributed by atoms with Gasteiger partial charge in [0.1, 0.15) is 5.82 Å². The first-order valence-electron chi connectivity index (χ1n) is 5.20. The molecule has 0 atom stereocenters. The Morgan fingerprint density at radius 3 is 2.50 bits per heavy atom. The lowest BCUT2D eigenvalue weighted by atomic mass is 10.2. The molecule has 0 aliphatic heterocycles. The number of benzene rings is 1. The van der Waals surface area contributed by atoms with Crippen molar-refractivity contribution in [2.45, 2.75) is 13.5 Å². The largest absolute Gasteiger partial charge is 0.383 e. The highest BCUT2D eigenvalue weighted by atomic mass is 127. The van der Waals surface area contributed by atoms with Crippen LogP contribution < -0.4 is 5.73 Å². The topological polar surface area (TPSA) is 87.0 Å². The van der Waals surface area contributed by atoms with Gasteiger partial charge in [-0.15, -0.1) is 0 Å². The zero-order valence-electron chi connectivity index (χ0n) is 9.63. The van der Waals surface area contributed by atoms with E-state index in [0.29, 0.717) is 12.4 Å². The summed E-state index contributed by atoms with van der Waals surface area (Å²) in [5.74, 6) is 0.617. The molecule has 1 heterocycles. The zero-order chi connectivity index (χ0) is 13.3. The molecule has 0 bridgehead atoms. The third-order valence-electron chi connectivity index (χ3n) is 2.57. The number of aryl methyl sites for hydroxylation is 1. The highest BCUT2D eigenvalue weighted by Gasteiger charge is 2.10. The van der Waals surface area contributed by atoms with Gasteiger partial charge in [-0.25, -0.2) is 4.68 Å². The average Bonchev–Trinajstić information content (AvgIpc) is 2.58. The van der Waals surface area contributed by atoms with Gasteiger partial charge >= 0.3 is 0 Å². The third kappa shape index (κ3) is 2.45. The van der Waals surface area contributed by atoms with Crippen molar-refractivity contribution in [3.63, 3.8) is 0 Å². The van der Waals surface area contributed by atoms with Crippen molar-refractivity contribution in [2.75, 3.05) is 5.73 Å². The van der Waals surface area contributed by atoms with E-state index in [2.05, 4.69) is 27.7 Å². The lowest BCUT2D eigenvalue weighted by Gasteiger charge is -2.04. The van der Waals surface area contributed by atoms with Gasteiger partial charge in [0.25, 0.3) is 5.69 Å². The number of nitro groups is 1. The van der Waals surface area contributed by atoms with Crippen LogP contribution in [0.4, 0.5) is 11.5 Å². The fraction of sp³-hybridized carbons (Fsp3) is 0.182. The minimum absolute atomic E-state index is 0.0814. The number of hydrogen-bond acceptors (Lipinski definition) is 4. The molecule has 0 unspecified atom stereocenters. The Bertz CT molecular complexity index is 592. The molecule has 0 saturated heterocycles. The summed E-state index contributed by atoms with van der Waals surface area (Å²) >= 11 is 2.15. The van der Waals surface area contributed by atoms with E-state index in [1.54, 1.807) is 16.8 Å². The van der Waals surface area contributed by atoms with Crippen molar-refractivity contribution in [2.24, 2.45) is 0 Å². The predicted molar refractivity (Wildman–Crippen MR) is 76.3 cm³/mol. The quantitative estimate of drug-likeness (QED) is 0.518. The lowest BCUT2D eigenvalue weighted by molar-refractivity contribution is -0.384. The Kier molecular flexibility index (Phi) is 3.50. The third-order valence-corrected chi connectivity index (χ3v) is 3.90. The molecule has 0 amide bonds. The SMILES string of the molecule is Cc1nn(Cc2ccc([N+](=O)[O-])cc2)c(N)c1I. The molecule has 0 radical (unpaired) electrons. The van der Waals surface area contributed by atoms with Crippen LogP contribution in [0.2, 0.25) is 0 Å². The smallest absolute Gasteiger partial charge is 0.269 e. The van der Waals surface area contributed by atoms with Gasteiger partial charge in [0.05, 0.1) is 20.7 Å². The first-order chi connectivity index (χ1) is 8.49. The Labute approximate surface area is 117 Å². The highest BCUT2D eigenvalue weighted by Crippen LogP contribution is 2.20. The number of aromatic nitrogens is 2. The van der Waals surface area contributed by atoms with Crippen LogP contribution in [-0.2, 0) is 6.54 Å². The second kappa shape index (κ2) is 4.92. The van der Waals surface area contributed by atoms with Gasteiger partial charge in [-0.3, -0.25) is 10.1 Å². The van der Waals surface area contributed by atoms with Crippen molar-refractivity contribution in [1.82, 2.24) is 9.78 Å². The van der Waals surface area contributed by atoms with Crippen LogP contribution in [0.15, 0.2) is 24.3 Å². The van der Waals surface area contributed by atoms with Crippen LogP contribution in [-0.4, -0.2) is 14.7 Å². The summed E-state index contributed by atoms with van der Waals surface area (Å²) in [4.78, 5) is 10.1. The maximum Gasteiger partial charge on any atom is 0.269 e. The van der Waals surface area contributed by atoms with E-state index in [9.17, 15) is 10.1 Å². The molecule has 94 valence electrons. The number of anilines is 1. The number of non-ortho nitro benzene ring substituents is 1. The van der Waals surface area contributed by atoms with Gasteiger partial charge in [0, 0.05) is 12.1 Å². The van der Waals surface area contributed by atoms with E-state index >= 15 is 0 Å². The zero-order valence-corrected chi connectivity index (χ0v) is 11.8. The molecule has 6 nitrogen and oxygen atoms in total.